The van der Waals surface area contributed by atoms with Gasteiger partial charge in [0.05, 0.1) is 18.7 Å². The Bertz CT molecular complexity index is 990. The van der Waals surface area contributed by atoms with Gasteiger partial charge in [0.15, 0.2) is 11.5 Å². The van der Waals surface area contributed by atoms with Crippen LogP contribution in [0.4, 0.5) is 10.5 Å². The van der Waals surface area contributed by atoms with Gasteiger partial charge in [-0.3, -0.25) is 5.32 Å². The molecule has 0 aliphatic heterocycles. The van der Waals surface area contributed by atoms with Crippen molar-refractivity contribution < 1.29 is 29.3 Å². The number of hydrogen-bond donors (Lipinski definition) is 3. The number of carboxylic acids is 1. The molecule has 8 heteroatoms. The number of anilines is 1. The van der Waals surface area contributed by atoms with E-state index in [2.05, 4.69) is 5.32 Å². The number of ether oxygens (including phenoxy) is 2. The first-order valence-corrected chi connectivity index (χ1v) is 8.93. The first kappa shape index (κ1) is 22.3. The van der Waals surface area contributed by atoms with Crippen molar-refractivity contribution in [2.24, 2.45) is 5.41 Å². The van der Waals surface area contributed by atoms with Gasteiger partial charge in [0, 0.05) is 17.2 Å². The summed E-state index contributed by atoms with van der Waals surface area (Å²) in [5, 5.41) is 30.5. The van der Waals surface area contributed by atoms with E-state index in [-0.39, 0.29) is 11.5 Å². The first-order valence-electron chi connectivity index (χ1n) is 8.93. The summed E-state index contributed by atoms with van der Waals surface area (Å²) in [6.07, 6.45) is 0.675. The summed E-state index contributed by atoms with van der Waals surface area (Å²) in [5.74, 6) is -1.03. The highest BCUT2D eigenvalue weighted by Crippen LogP contribution is 2.41. The molecule has 0 aliphatic rings. The Morgan fingerprint density at radius 2 is 1.87 bits per heavy atom. The van der Waals surface area contributed by atoms with Crippen molar-refractivity contribution in [3.05, 3.63) is 65.7 Å². The van der Waals surface area contributed by atoms with Crippen LogP contribution in [-0.2, 0) is 9.53 Å². The van der Waals surface area contributed by atoms with Crippen molar-refractivity contribution in [2.75, 3.05) is 12.4 Å². The number of phenolic OH excluding ortho intramolecular Hbond substituents is 1. The number of phenols is 1. The standard InChI is InChI=1S/C22H22N2O6/c1-22(2,11-10-19(26)27)20(15-6-9-18(29-3)17(25)12-15)30-21(28)24-16-7-4-14(13-23)5-8-16/h4-12,20,25H,1-3H3,(H,24,28)(H,26,27)/b11-10+/t20-/m1/s1. The third-order valence-corrected chi connectivity index (χ3v) is 4.32. The molecule has 0 radical (unpaired) electrons. The monoisotopic (exact) mass is 410 g/mol. The summed E-state index contributed by atoms with van der Waals surface area (Å²) in [7, 11) is 1.41. The Labute approximate surface area is 174 Å². The van der Waals surface area contributed by atoms with Crippen LogP contribution in [-0.4, -0.2) is 29.4 Å². The molecule has 2 rings (SSSR count). The molecule has 30 heavy (non-hydrogen) atoms. The largest absolute Gasteiger partial charge is 0.504 e. The lowest BCUT2D eigenvalue weighted by molar-refractivity contribution is -0.131. The van der Waals surface area contributed by atoms with Crippen LogP contribution < -0.4 is 10.1 Å². The fourth-order valence-corrected chi connectivity index (χ4v) is 2.78. The van der Waals surface area contributed by atoms with E-state index in [9.17, 15) is 14.7 Å². The lowest BCUT2D eigenvalue weighted by Crippen LogP contribution is -2.27. The van der Waals surface area contributed by atoms with Crippen molar-refractivity contribution in [3.63, 3.8) is 0 Å². The average molecular weight is 410 g/mol. The second kappa shape index (κ2) is 9.47. The predicted octanol–water partition coefficient (Wildman–Crippen LogP) is 4.23. The van der Waals surface area contributed by atoms with Gasteiger partial charge in [-0.05, 0) is 42.0 Å². The van der Waals surface area contributed by atoms with Gasteiger partial charge in [-0.1, -0.05) is 26.0 Å². The summed E-state index contributed by atoms with van der Waals surface area (Å²) in [5.41, 5.74) is 0.388. The third-order valence-electron chi connectivity index (χ3n) is 4.32. The second-order valence-corrected chi connectivity index (χ2v) is 7.02. The molecule has 2 aromatic carbocycles. The summed E-state index contributed by atoms with van der Waals surface area (Å²) in [4.78, 5) is 23.5. The molecule has 3 N–H and O–H groups in total. The summed E-state index contributed by atoms with van der Waals surface area (Å²) >= 11 is 0. The zero-order valence-electron chi connectivity index (χ0n) is 16.7. The van der Waals surface area contributed by atoms with Gasteiger partial charge in [0.2, 0.25) is 0 Å². The van der Waals surface area contributed by atoms with E-state index in [0.717, 1.165) is 6.08 Å². The molecule has 0 unspecified atom stereocenters. The van der Waals surface area contributed by atoms with Gasteiger partial charge in [0.1, 0.15) is 6.10 Å². The molecule has 8 nitrogen and oxygen atoms in total. The van der Waals surface area contributed by atoms with E-state index < -0.39 is 23.6 Å². The number of nitrogens with one attached hydrogen (secondary N) is 1. The number of carboxylic acid groups (broad SMARTS) is 1. The van der Waals surface area contributed by atoms with E-state index in [4.69, 9.17) is 19.8 Å². The van der Waals surface area contributed by atoms with Crippen molar-refractivity contribution in [3.8, 4) is 17.6 Å². The summed E-state index contributed by atoms with van der Waals surface area (Å²) < 4.78 is 10.7. The van der Waals surface area contributed by atoms with Crippen LogP contribution in [0, 0.1) is 16.7 Å². The predicted molar refractivity (Wildman–Crippen MR) is 109 cm³/mol. The van der Waals surface area contributed by atoms with Gasteiger partial charge in [0.25, 0.3) is 0 Å². The van der Waals surface area contributed by atoms with Crippen LogP contribution in [0.1, 0.15) is 31.1 Å². The molecule has 0 saturated carbocycles. The zero-order chi connectivity index (χ0) is 22.3. The Balaban J connectivity index is 2.32. The van der Waals surface area contributed by atoms with Crippen LogP contribution in [0.3, 0.4) is 0 Å². The maximum absolute atomic E-state index is 12.5. The minimum Gasteiger partial charge on any atom is -0.504 e. The van der Waals surface area contributed by atoms with Crippen LogP contribution in [0.25, 0.3) is 0 Å². The number of nitriles is 1. The van der Waals surface area contributed by atoms with E-state index >= 15 is 0 Å². The Kier molecular flexibility index (Phi) is 7.04. The average Bonchev–Trinajstić information content (AvgIpc) is 2.71. The number of carbonyl (C=O) groups excluding carboxylic acids is 1. The van der Waals surface area contributed by atoms with Crippen molar-refractivity contribution in [1.82, 2.24) is 0 Å². The van der Waals surface area contributed by atoms with E-state index in [1.807, 2.05) is 6.07 Å². The van der Waals surface area contributed by atoms with Crippen molar-refractivity contribution >= 4 is 17.7 Å². The smallest absolute Gasteiger partial charge is 0.412 e. The molecular formula is C22H22N2O6. The molecule has 1 amide bonds. The molecule has 156 valence electrons. The molecule has 1 atom stereocenters. The van der Waals surface area contributed by atoms with E-state index in [1.165, 1.54) is 25.3 Å². The van der Waals surface area contributed by atoms with Gasteiger partial charge in [-0.2, -0.15) is 5.26 Å². The number of nitrogens with zero attached hydrogens (tertiary/aromatic N) is 1. The van der Waals surface area contributed by atoms with Gasteiger partial charge >= 0.3 is 12.1 Å². The molecule has 0 aromatic heterocycles. The molecule has 0 fully saturated rings. The van der Waals surface area contributed by atoms with Crippen LogP contribution in [0.15, 0.2) is 54.6 Å². The minimum absolute atomic E-state index is 0.144. The molecular weight excluding hydrogens is 388 g/mol. The number of aliphatic carboxylic acids is 1. The summed E-state index contributed by atoms with van der Waals surface area (Å²) in [6.45, 7) is 3.40. The zero-order valence-corrected chi connectivity index (χ0v) is 16.7. The highest BCUT2D eigenvalue weighted by atomic mass is 16.6. The van der Waals surface area contributed by atoms with E-state index in [1.54, 1.807) is 44.2 Å². The fraction of sp³-hybridized carbons (Fsp3) is 0.227. The topological polar surface area (TPSA) is 129 Å². The van der Waals surface area contributed by atoms with Gasteiger partial charge in [-0.15, -0.1) is 0 Å². The molecule has 0 spiro atoms. The second-order valence-electron chi connectivity index (χ2n) is 7.02. The van der Waals surface area contributed by atoms with E-state index in [0.29, 0.717) is 16.8 Å². The highest BCUT2D eigenvalue weighted by Gasteiger charge is 2.33. The number of methoxy groups -OCH3 is 1. The number of rotatable bonds is 7. The Morgan fingerprint density at radius 3 is 2.40 bits per heavy atom. The Morgan fingerprint density at radius 1 is 1.20 bits per heavy atom. The normalized spacial score (nSPS) is 12.1. The quantitative estimate of drug-likeness (QED) is 0.583. The third kappa shape index (κ3) is 5.75. The van der Waals surface area contributed by atoms with Crippen LogP contribution in [0.5, 0.6) is 11.5 Å². The number of carbonyl (C=O) groups is 2. The summed E-state index contributed by atoms with van der Waals surface area (Å²) in [6, 6.07) is 12.7. The number of benzene rings is 2. The first-order chi connectivity index (χ1) is 14.2. The van der Waals surface area contributed by atoms with Crippen LogP contribution >= 0.6 is 0 Å². The Hall–Kier alpha value is -3.99. The van der Waals surface area contributed by atoms with Gasteiger partial charge < -0.3 is 19.7 Å². The maximum atomic E-state index is 12.5. The lowest BCUT2D eigenvalue weighted by Gasteiger charge is -2.31. The SMILES string of the molecule is COc1ccc([C@@H](OC(=O)Nc2ccc(C#N)cc2)C(C)(C)/C=C/C(=O)O)cc1O. The molecule has 0 saturated heterocycles. The molecule has 0 aliphatic carbocycles. The van der Waals surface area contributed by atoms with Gasteiger partial charge in [-0.25, -0.2) is 9.59 Å². The minimum atomic E-state index is -1.14. The van der Waals surface area contributed by atoms with Crippen LogP contribution in [0.2, 0.25) is 0 Å². The molecule has 0 bridgehead atoms. The molecule has 2 aromatic rings. The molecule has 0 heterocycles. The highest BCUT2D eigenvalue weighted by molar-refractivity contribution is 5.85. The number of hydrogen-bond acceptors (Lipinski definition) is 6. The number of aromatic hydroxyl groups is 1. The number of amides is 1. The fourth-order valence-electron chi connectivity index (χ4n) is 2.78. The lowest BCUT2D eigenvalue weighted by atomic mass is 9.82. The van der Waals surface area contributed by atoms with Crippen molar-refractivity contribution in [1.29, 1.82) is 5.26 Å². The van der Waals surface area contributed by atoms with Crippen molar-refractivity contribution in [2.45, 2.75) is 20.0 Å². The maximum Gasteiger partial charge on any atom is 0.412 e.